The summed E-state index contributed by atoms with van der Waals surface area (Å²) in [4.78, 5) is 22.4. The van der Waals surface area contributed by atoms with E-state index >= 15 is 0 Å². The lowest BCUT2D eigenvalue weighted by Crippen LogP contribution is -2.12. The summed E-state index contributed by atoms with van der Waals surface area (Å²) < 4.78 is 30.3. The molecule has 0 fully saturated rings. The molecule has 1 rings (SSSR count). The van der Waals surface area contributed by atoms with Crippen LogP contribution in [0.25, 0.3) is 0 Å². The lowest BCUT2D eigenvalue weighted by molar-refractivity contribution is 0.0513. The molecule has 0 aliphatic rings. The summed E-state index contributed by atoms with van der Waals surface area (Å²) in [7, 11) is 0. The van der Waals surface area contributed by atoms with Crippen LogP contribution in [0.3, 0.4) is 0 Å². The van der Waals surface area contributed by atoms with Crippen molar-refractivity contribution < 1.29 is 23.1 Å². The minimum absolute atomic E-state index is 0.000188. The number of benzene rings is 1. The van der Waals surface area contributed by atoms with Gasteiger partial charge in [0.05, 0.1) is 23.8 Å². The molecule has 0 bridgehead atoms. The van der Waals surface area contributed by atoms with Gasteiger partial charge in [-0.25, -0.2) is 13.6 Å². The van der Waals surface area contributed by atoms with Gasteiger partial charge in [0.2, 0.25) is 0 Å². The first kappa shape index (κ1) is 13.8. The molecule has 1 aromatic carbocycles. The highest BCUT2D eigenvalue weighted by molar-refractivity contribution is 6.00. The van der Waals surface area contributed by atoms with Gasteiger partial charge in [0, 0.05) is 11.1 Å². The molecule has 18 heavy (non-hydrogen) atoms. The number of hydrogen-bond donors (Lipinski definition) is 0. The van der Waals surface area contributed by atoms with Crippen LogP contribution < -0.4 is 0 Å². The van der Waals surface area contributed by atoms with Crippen molar-refractivity contribution in [1.29, 1.82) is 5.26 Å². The molecular weight excluding hydrogens is 244 g/mol. The van der Waals surface area contributed by atoms with Crippen molar-refractivity contribution in [3.63, 3.8) is 0 Å². The molecule has 4 nitrogen and oxygen atoms in total. The van der Waals surface area contributed by atoms with E-state index in [0.29, 0.717) is 0 Å². The van der Waals surface area contributed by atoms with E-state index in [1.54, 1.807) is 6.07 Å². The zero-order chi connectivity index (χ0) is 13.7. The maximum absolute atomic E-state index is 12.8. The fourth-order valence-corrected chi connectivity index (χ4v) is 1.46. The highest BCUT2D eigenvalue weighted by Gasteiger charge is 2.24. The molecule has 0 aliphatic carbocycles. The number of halogens is 2. The SMILES string of the molecule is CCOC(=O)c1c(C=O)cc(C#N)cc1C(F)F. The molecule has 94 valence electrons. The second kappa shape index (κ2) is 5.87. The molecule has 0 heterocycles. The Morgan fingerprint density at radius 2 is 2.22 bits per heavy atom. The highest BCUT2D eigenvalue weighted by Crippen LogP contribution is 2.27. The molecule has 0 saturated heterocycles. The number of nitrogens with zero attached hydrogens (tertiary/aromatic N) is 1. The summed E-state index contributed by atoms with van der Waals surface area (Å²) in [6, 6.07) is 3.60. The number of rotatable bonds is 4. The molecule has 0 spiro atoms. The summed E-state index contributed by atoms with van der Waals surface area (Å²) >= 11 is 0. The Morgan fingerprint density at radius 1 is 1.56 bits per heavy atom. The molecule has 6 heteroatoms. The van der Waals surface area contributed by atoms with Crippen molar-refractivity contribution in [3.05, 3.63) is 34.4 Å². The average Bonchev–Trinajstić information content (AvgIpc) is 2.37. The third-order valence-corrected chi connectivity index (χ3v) is 2.17. The third-order valence-electron chi connectivity index (χ3n) is 2.17. The number of aldehydes is 1. The number of ether oxygens (including phenoxy) is 1. The van der Waals surface area contributed by atoms with Crippen molar-refractivity contribution in [2.24, 2.45) is 0 Å². The molecule has 0 aromatic heterocycles. The van der Waals surface area contributed by atoms with Crippen LogP contribution >= 0.6 is 0 Å². The van der Waals surface area contributed by atoms with Gasteiger partial charge in [-0.15, -0.1) is 0 Å². The molecular formula is C12H9F2NO3. The van der Waals surface area contributed by atoms with Gasteiger partial charge in [0.15, 0.2) is 6.29 Å². The lowest BCUT2D eigenvalue weighted by Gasteiger charge is -2.10. The van der Waals surface area contributed by atoms with Gasteiger partial charge in [0.25, 0.3) is 6.43 Å². The molecule has 0 radical (unpaired) electrons. The predicted octanol–water partition coefficient (Wildman–Crippen LogP) is 2.49. The first-order valence-corrected chi connectivity index (χ1v) is 5.03. The zero-order valence-electron chi connectivity index (χ0n) is 9.44. The molecule has 0 unspecified atom stereocenters. The topological polar surface area (TPSA) is 67.2 Å². The molecule has 0 aliphatic heterocycles. The number of alkyl halides is 2. The Labute approximate surface area is 102 Å². The monoisotopic (exact) mass is 253 g/mol. The second-order valence-electron chi connectivity index (χ2n) is 3.28. The van der Waals surface area contributed by atoms with Crippen LogP contribution in [-0.4, -0.2) is 18.9 Å². The Kier molecular flexibility index (Phi) is 4.49. The maximum atomic E-state index is 12.8. The number of carbonyl (C=O) groups is 2. The Bertz CT molecular complexity index is 521. The average molecular weight is 253 g/mol. The highest BCUT2D eigenvalue weighted by atomic mass is 19.3. The van der Waals surface area contributed by atoms with E-state index < -0.39 is 23.5 Å². The summed E-state index contributed by atoms with van der Waals surface area (Å²) in [5.41, 5.74) is -1.54. The van der Waals surface area contributed by atoms with E-state index in [1.807, 2.05) is 0 Å². The summed E-state index contributed by atoms with van der Waals surface area (Å²) in [6.07, 6.45) is -2.73. The fourth-order valence-electron chi connectivity index (χ4n) is 1.46. The van der Waals surface area contributed by atoms with Gasteiger partial charge in [0.1, 0.15) is 0 Å². The summed E-state index contributed by atoms with van der Waals surface area (Å²) in [6.45, 7) is 1.52. The van der Waals surface area contributed by atoms with Gasteiger partial charge >= 0.3 is 5.97 Å². The van der Waals surface area contributed by atoms with Crippen molar-refractivity contribution in [2.45, 2.75) is 13.3 Å². The van der Waals surface area contributed by atoms with E-state index in [9.17, 15) is 18.4 Å². The molecule has 0 saturated carbocycles. The van der Waals surface area contributed by atoms with Crippen LogP contribution in [-0.2, 0) is 4.74 Å². The number of nitriles is 1. The first-order chi connectivity index (χ1) is 8.54. The van der Waals surface area contributed by atoms with Gasteiger partial charge in [-0.05, 0) is 19.1 Å². The summed E-state index contributed by atoms with van der Waals surface area (Å²) in [5, 5.41) is 8.67. The predicted molar refractivity (Wildman–Crippen MR) is 57.5 cm³/mol. The van der Waals surface area contributed by atoms with Crippen LogP contribution in [0.4, 0.5) is 8.78 Å². The van der Waals surface area contributed by atoms with Gasteiger partial charge < -0.3 is 4.74 Å². The van der Waals surface area contributed by atoms with Crippen molar-refractivity contribution in [3.8, 4) is 6.07 Å². The Morgan fingerprint density at radius 3 is 2.67 bits per heavy atom. The Hall–Kier alpha value is -2.29. The van der Waals surface area contributed by atoms with Gasteiger partial charge in [-0.2, -0.15) is 5.26 Å². The molecule has 0 N–H and O–H groups in total. The number of esters is 1. The normalized spacial score (nSPS) is 9.94. The van der Waals surface area contributed by atoms with E-state index in [0.717, 1.165) is 12.1 Å². The van der Waals surface area contributed by atoms with Crippen LogP contribution in [0.15, 0.2) is 12.1 Å². The molecule has 1 aromatic rings. The Balaban J connectivity index is 3.50. The molecule has 0 atom stereocenters. The third kappa shape index (κ3) is 2.69. The van der Waals surface area contributed by atoms with Gasteiger partial charge in [-0.3, -0.25) is 4.79 Å². The largest absolute Gasteiger partial charge is 0.462 e. The number of carbonyl (C=O) groups excluding carboxylic acids is 2. The standard InChI is InChI=1S/C12H9F2NO3/c1-2-18-12(17)10-8(6-16)3-7(5-15)4-9(10)11(13)14/h3-4,6,11H,2H2,1H3. The van der Waals surface area contributed by atoms with Crippen molar-refractivity contribution in [2.75, 3.05) is 6.61 Å². The fraction of sp³-hybridized carbons (Fsp3) is 0.250. The minimum Gasteiger partial charge on any atom is -0.462 e. The first-order valence-electron chi connectivity index (χ1n) is 5.03. The number of hydrogen-bond acceptors (Lipinski definition) is 4. The van der Waals surface area contributed by atoms with E-state index in [4.69, 9.17) is 5.26 Å². The van der Waals surface area contributed by atoms with Crippen molar-refractivity contribution >= 4 is 12.3 Å². The van der Waals surface area contributed by atoms with Crippen LogP contribution in [0.5, 0.6) is 0 Å². The van der Waals surface area contributed by atoms with E-state index in [1.165, 1.54) is 6.92 Å². The second-order valence-corrected chi connectivity index (χ2v) is 3.28. The quantitative estimate of drug-likeness (QED) is 0.610. The van der Waals surface area contributed by atoms with Crippen LogP contribution in [0, 0.1) is 11.3 Å². The van der Waals surface area contributed by atoms with Crippen molar-refractivity contribution in [1.82, 2.24) is 0 Å². The zero-order valence-corrected chi connectivity index (χ0v) is 9.44. The smallest absolute Gasteiger partial charge is 0.339 e. The van der Waals surface area contributed by atoms with E-state index in [-0.39, 0.29) is 24.0 Å². The van der Waals surface area contributed by atoms with Crippen LogP contribution in [0.1, 0.15) is 45.2 Å². The van der Waals surface area contributed by atoms with E-state index in [2.05, 4.69) is 4.74 Å². The van der Waals surface area contributed by atoms with Crippen LogP contribution in [0.2, 0.25) is 0 Å². The lowest BCUT2D eigenvalue weighted by atomic mass is 9.98. The van der Waals surface area contributed by atoms with Gasteiger partial charge in [-0.1, -0.05) is 0 Å². The summed E-state index contributed by atoms with van der Waals surface area (Å²) in [5.74, 6) is -1.00. The molecule has 0 amide bonds. The minimum atomic E-state index is -2.98. The maximum Gasteiger partial charge on any atom is 0.339 e.